The van der Waals surface area contributed by atoms with E-state index in [0.717, 1.165) is 0 Å². The molecule has 0 radical (unpaired) electrons. The SMILES string of the molecule is COc1ccc(-c2ccc(-c3ccc(OCc4ccc(C5CO5)c(F)c4F)cc3)c(F)c2F)cc1. The first kappa shape index (κ1) is 22.9. The van der Waals surface area contributed by atoms with Crippen LogP contribution in [-0.4, -0.2) is 13.7 Å². The van der Waals surface area contributed by atoms with E-state index in [1.807, 2.05) is 0 Å². The number of hydrogen-bond donors (Lipinski definition) is 0. The second kappa shape index (κ2) is 9.43. The molecule has 0 bridgehead atoms. The van der Waals surface area contributed by atoms with E-state index in [4.69, 9.17) is 14.2 Å². The van der Waals surface area contributed by atoms with Gasteiger partial charge >= 0.3 is 0 Å². The summed E-state index contributed by atoms with van der Waals surface area (Å²) in [5, 5.41) is 0. The number of ether oxygens (including phenoxy) is 3. The third-order valence-electron chi connectivity index (χ3n) is 5.92. The van der Waals surface area contributed by atoms with Gasteiger partial charge in [0, 0.05) is 22.3 Å². The Kier molecular flexibility index (Phi) is 6.17. The van der Waals surface area contributed by atoms with Crippen LogP contribution in [0.5, 0.6) is 11.5 Å². The van der Waals surface area contributed by atoms with E-state index in [2.05, 4.69) is 0 Å². The van der Waals surface area contributed by atoms with Crippen molar-refractivity contribution >= 4 is 0 Å². The van der Waals surface area contributed by atoms with Gasteiger partial charge in [-0.15, -0.1) is 0 Å². The molecule has 1 atom stereocenters. The molecule has 1 unspecified atom stereocenters. The zero-order chi connectivity index (χ0) is 24.5. The van der Waals surface area contributed by atoms with Gasteiger partial charge in [0.25, 0.3) is 0 Å². The van der Waals surface area contributed by atoms with Crippen LogP contribution in [0.4, 0.5) is 17.6 Å². The van der Waals surface area contributed by atoms with Gasteiger partial charge in [-0.05, 0) is 35.4 Å². The summed E-state index contributed by atoms with van der Waals surface area (Å²) in [6, 6.07) is 18.9. The summed E-state index contributed by atoms with van der Waals surface area (Å²) in [5.74, 6) is -2.83. The summed E-state index contributed by atoms with van der Waals surface area (Å²) >= 11 is 0. The maximum atomic E-state index is 14.9. The number of hydrogen-bond acceptors (Lipinski definition) is 3. The molecule has 1 saturated heterocycles. The maximum absolute atomic E-state index is 14.9. The van der Waals surface area contributed by atoms with Gasteiger partial charge in [-0.1, -0.05) is 48.5 Å². The minimum absolute atomic E-state index is 0.0678. The van der Waals surface area contributed by atoms with Crippen LogP contribution in [0.15, 0.2) is 72.8 Å². The Hall–Kier alpha value is -3.84. The summed E-state index contributed by atoms with van der Waals surface area (Å²) < 4.78 is 73.9. The van der Waals surface area contributed by atoms with Gasteiger partial charge in [-0.25, -0.2) is 17.6 Å². The van der Waals surface area contributed by atoms with Gasteiger partial charge in [0.1, 0.15) is 24.2 Å². The van der Waals surface area contributed by atoms with E-state index in [1.54, 1.807) is 48.5 Å². The third-order valence-corrected chi connectivity index (χ3v) is 5.92. The van der Waals surface area contributed by atoms with E-state index in [-0.39, 0.29) is 35.0 Å². The normalized spacial score (nSPS) is 14.6. The fourth-order valence-corrected chi connectivity index (χ4v) is 3.85. The second-order valence-corrected chi connectivity index (χ2v) is 8.09. The number of methoxy groups -OCH3 is 1. The summed E-state index contributed by atoms with van der Waals surface area (Å²) in [4.78, 5) is 0. The van der Waals surface area contributed by atoms with Crippen LogP contribution in [0.1, 0.15) is 17.2 Å². The molecule has 1 aliphatic heterocycles. The number of rotatable bonds is 7. The molecule has 4 aromatic carbocycles. The Balaban J connectivity index is 1.31. The standard InChI is InChI=1S/C28H20F4O3/c1-33-19-7-2-16(3-8-19)21-12-13-22(27(31)26(21)30)17-4-9-20(10-5-17)34-14-18-6-11-23(24-15-35-24)28(32)25(18)29/h2-13,24H,14-15H2,1H3. The number of epoxide rings is 1. The van der Waals surface area contributed by atoms with Crippen molar-refractivity contribution in [3.05, 3.63) is 107 Å². The van der Waals surface area contributed by atoms with Crippen molar-refractivity contribution in [1.29, 1.82) is 0 Å². The monoisotopic (exact) mass is 480 g/mol. The summed E-state index contributed by atoms with van der Waals surface area (Å²) in [5.41, 5.74) is 1.47. The molecule has 5 rings (SSSR count). The highest BCUT2D eigenvalue weighted by Crippen LogP contribution is 2.34. The molecule has 35 heavy (non-hydrogen) atoms. The summed E-state index contributed by atoms with van der Waals surface area (Å²) in [7, 11) is 1.53. The molecule has 0 aromatic heterocycles. The molecule has 4 aromatic rings. The maximum Gasteiger partial charge on any atom is 0.167 e. The van der Waals surface area contributed by atoms with Gasteiger partial charge in [-0.2, -0.15) is 0 Å². The fourth-order valence-electron chi connectivity index (χ4n) is 3.85. The van der Waals surface area contributed by atoms with Gasteiger partial charge < -0.3 is 14.2 Å². The Morgan fingerprint density at radius 1 is 0.686 bits per heavy atom. The highest BCUT2D eigenvalue weighted by atomic mass is 19.2. The number of halogens is 4. The van der Waals surface area contributed by atoms with Crippen LogP contribution < -0.4 is 9.47 Å². The Morgan fingerprint density at radius 3 is 1.74 bits per heavy atom. The average molecular weight is 480 g/mol. The van der Waals surface area contributed by atoms with Gasteiger partial charge in [0.15, 0.2) is 23.3 Å². The highest BCUT2D eigenvalue weighted by molar-refractivity contribution is 5.72. The molecule has 0 aliphatic carbocycles. The van der Waals surface area contributed by atoms with Crippen molar-refractivity contribution in [3.63, 3.8) is 0 Å². The lowest BCUT2D eigenvalue weighted by molar-refractivity contribution is 0.296. The fraction of sp³-hybridized carbons (Fsp3) is 0.143. The molecule has 7 heteroatoms. The molecule has 3 nitrogen and oxygen atoms in total. The van der Waals surface area contributed by atoms with Crippen LogP contribution in [0.3, 0.4) is 0 Å². The molecule has 1 fully saturated rings. The minimum Gasteiger partial charge on any atom is -0.497 e. The lowest BCUT2D eigenvalue weighted by atomic mass is 9.98. The average Bonchev–Trinajstić information content (AvgIpc) is 3.72. The number of benzene rings is 4. The molecule has 0 N–H and O–H groups in total. The van der Waals surface area contributed by atoms with Crippen LogP contribution in [0.2, 0.25) is 0 Å². The van der Waals surface area contributed by atoms with E-state index < -0.39 is 23.3 Å². The highest BCUT2D eigenvalue weighted by Gasteiger charge is 2.30. The molecule has 1 aliphatic rings. The van der Waals surface area contributed by atoms with Gasteiger partial charge in [0.05, 0.1) is 13.7 Å². The quantitative estimate of drug-likeness (QED) is 0.206. The van der Waals surface area contributed by atoms with E-state index in [0.29, 0.717) is 29.2 Å². The van der Waals surface area contributed by atoms with Crippen molar-refractivity contribution in [2.45, 2.75) is 12.7 Å². The minimum atomic E-state index is -0.968. The third kappa shape index (κ3) is 4.59. The Bertz CT molecular complexity index is 1360. The summed E-state index contributed by atoms with van der Waals surface area (Å²) in [6.45, 7) is 0.195. The zero-order valence-corrected chi connectivity index (χ0v) is 18.7. The molecule has 178 valence electrons. The van der Waals surface area contributed by atoms with Crippen molar-refractivity contribution < 1.29 is 31.8 Å². The lowest BCUT2D eigenvalue weighted by Crippen LogP contribution is -2.03. The molecule has 0 amide bonds. The van der Waals surface area contributed by atoms with E-state index >= 15 is 0 Å². The topological polar surface area (TPSA) is 31.0 Å². The molecule has 1 heterocycles. The largest absolute Gasteiger partial charge is 0.497 e. The van der Waals surface area contributed by atoms with Crippen molar-refractivity contribution in [2.75, 3.05) is 13.7 Å². The summed E-state index contributed by atoms with van der Waals surface area (Å²) in [6.07, 6.45) is -0.387. The first-order valence-corrected chi connectivity index (χ1v) is 10.9. The second-order valence-electron chi connectivity index (χ2n) is 8.09. The predicted octanol–water partition coefficient (Wildman–Crippen LogP) is 7.24. The van der Waals surface area contributed by atoms with Crippen molar-refractivity contribution in [1.82, 2.24) is 0 Å². The Labute approximate surface area is 199 Å². The molecular weight excluding hydrogens is 460 g/mol. The predicted molar refractivity (Wildman–Crippen MR) is 123 cm³/mol. The molecule has 0 spiro atoms. The first-order chi connectivity index (χ1) is 17.0. The van der Waals surface area contributed by atoms with Crippen LogP contribution in [0, 0.1) is 23.3 Å². The molecule has 0 saturated carbocycles. The van der Waals surface area contributed by atoms with E-state index in [1.165, 1.54) is 31.4 Å². The van der Waals surface area contributed by atoms with Crippen LogP contribution >= 0.6 is 0 Å². The van der Waals surface area contributed by atoms with Gasteiger partial charge in [0.2, 0.25) is 0 Å². The van der Waals surface area contributed by atoms with Crippen molar-refractivity contribution in [3.8, 4) is 33.8 Å². The zero-order valence-electron chi connectivity index (χ0n) is 18.7. The lowest BCUT2D eigenvalue weighted by Gasteiger charge is -2.12. The van der Waals surface area contributed by atoms with Crippen molar-refractivity contribution in [2.24, 2.45) is 0 Å². The first-order valence-electron chi connectivity index (χ1n) is 10.9. The molecular formula is C28H20F4O3. The smallest absolute Gasteiger partial charge is 0.167 e. The van der Waals surface area contributed by atoms with Crippen LogP contribution in [0.25, 0.3) is 22.3 Å². The Morgan fingerprint density at radius 2 is 1.23 bits per heavy atom. The van der Waals surface area contributed by atoms with Gasteiger partial charge in [-0.3, -0.25) is 0 Å². The van der Waals surface area contributed by atoms with Crippen LogP contribution in [-0.2, 0) is 11.3 Å². The van der Waals surface area contributed by atoms with E-state index in [9.17, 15) is 17.6 Å².